The van der Waals surface area contributed by atoms with Gasteiger partial charge in [-0.1, -0.05) is 12.8 Å². The van der Waals surface area contributed by atoms with Crippen molar-refractivity contribution in [3.63, 3.8) is 0 Å². The van der Waals surface area contributed by atoms with Gasteiger partial charge in [-0.2, -0.15) is 0 Å². The van der Waals surface area contributed by atoms with Crippen molar-refractivity contribution < 1.29 is 17.9 Å². The first-order valence-electron chi connectivity index (χ1n) is 8.54. The summed E-state index contributed by atoms with van der Waals surface area (Å²) in [6, 6.07) is 8.09. The number of rotatable bonds is 5. The molecule has 0 spiro atoms. The number of carbonyl (C=O) groups excluding carboxylic acids is 1. The molecule has 2 aromatic rings. The van der Waals surface area contributed by atoms with Gasteiger partial charge in [-0.25, -0.2) is 8.42 Å². The maximum atomic E-state index is 12.6. The molecule has 0 atom stereocenters. The molecule has 1 aromatic carbocycles. The molecule has 1 aromatic heterocycles. The van der Waals surface area contributed by atoms with E-state index in [2.05, 4.69) is 4.72 Å². The fourth-order valence-corrected chi connectivity index (χ4v) is 5.10. The third-order valence-electron chi connectivity index (χ3n) is 4.32. The van der Waals surface area contributed by atoms with Crippen molar-refractivity contribution in [1.82, 2.24) is 4.90 Å². The number of hydrogen-bond acceptors (Lipinski definition) is 5. The highest BCUT2D eigenvalue weighted by Crippen LogP contribution is 2.25. The fraction of sp³-hybridized carbons (Fsp3) is 0.389. The molecule has 8 heteroatoms. The van der Waals surface area contributed by atoms with E-state index in [4.69, 9.17) is 4.74 Å². The lowest BCUT2D eigenvalue weighted by Crippen LogP contribution is -2.31. The van der Waals surface area contributed by atoms with Gasteiger partial charge in [0.2, 0.25) is 0 Å². The van der Waals surface area contributed by atoms with Crippen molar-refractivity contribution >= 4 is 33.0 Å². The van der Waals surface area contributed by atoms with E-state index in [1.807, 2.05) is 4.90 Å². The van der Waals surface area contributed by atoms with E-state index >= 15 is 0 Å². The van der Waals surface area contributed by atoms with E-state index in [9.17, 15) is 13.2 Å². The Morgan fingerprint density at radius 2 is 1.77 bits per heavy atom. The standard InChI is InChI=1S/C18H22N2O4S2/c1-24-16-8-6-15(7-9-16)19-26(22,23)17-12-14(13-25-17)18(21)20-10-4-2-3-5-11-20/h6-9,12-13,19H,2-5,10-11H2,1H3. The minimum Gasteiger partial charge on any atom is -0.497 e. The van der Waals surface area contributed by atoms with Crippen LogP contribution in [-0.2, 0) is 10.0 Å². The van der Waals surface area contributed by atoms with Gasteiger partial charge >= 0.3 is 0 Å². The van der Waals surface area contributed by atoms with Crippen LogP contribution in [0, 0.1) is 0 Å². The lowest BCUT2D eigenvalue weighted by Gasteiger charge is -2.19. The largest absolute Gasteiger partial charge is 0.497 e. The Morgan fingerprint density at radius 3 is 2.38 bits per heavy atom. The van der Waals surface area contributed by atoms with Gasteiger partial charge in [-0.3, -0.25) is 9.52 Å². The highest BCUT2D eigenvalue weighted by molar-refractivity contribution is 7.94. The third kappa shape index (κ3) is 4.37. The number of nitrogens with one attached hydrogen (secondary N) is 1. The van der Waals surface area contributed by atoms with Gasteiger partial charge in [-0.15, -0.1) is 11.3 Å². The summed E-state index contributed by atoms with van der Waals surface area (Å²) < 4.78 is 32.9. The Hall–Kier alpha value is -2.06. The number of anilines is 1. The second-order valence-corrected chi connectivity index (χ2v) is 9.02. The minimum absolute atomic E-state index is 0.0888. The average Bonchev–Trinajstić information content (AvgIpc) is 2.99. The molecule has 1 N–H and O–H groups in total. The molecular weight excluding hydrogens is 372 g/mol. The van der Waals surface area contributed by atoms with Gasteiger partial charge in [-0.05, 0) is 43.2 Å². The van der Waals surface area contributed by atoms with Crippen molar-refractivity contribution in [2.24, 2.45) is 0 Å². The van der Waals surface area contributed by atoms with Crippen LogP contribution in [0.25, 0.3) is 0 Å². The fourth-order valence-electron chi connectivity index (χ4n) is 2.89. The maximum Gasteiger partial charge on any atom is 0.271 e. The van der Waals surface area contributed by atoms with E-state index < -0.39 is 10.0 Å². The summed E-state index contributed by atoms with van der Waals surface area (Å²) in [5.41, 5.74) is 0.881. The van der Waals surface area contributed by atoms with Crippen molar-refractivity contribution in [2.75, 3.05) is 24.9 Å². The molecule has 26 heavy (non-hydrogen) atoms. The summed E-state index contributed by atoms with van der Waals surface area (Å²) in [4.78, 5) is 14.4. The lowest BCUT2D eigenvalue weighted by molar-refractivity contribution is 0.0762. The average molecular weight is 395 g/mol. The Morgan fingerprint density at radius 1 is 1.12 bits per heavy atom. The molecule has 0 unspecified atom stereocenters. The Balaban J connectivity index is 1.73. The van der Waals surface area contributed by atoms with Crippen molar-refractivity contribution in [1.29, 1.82) is 0 Å². The smallest absolute Gasteiger partial charge is 0.271 e. The molecule has 0 radical (unpaired) electrons. The third-order valence-corrected chi connectivity index (χ3v) is 7.14. The normalized spacial score (nSPS) is 15.3. The SMILES string of the molecule is COc1ccc(NS(=O)(=O)c2cc(C(=O)N3CCCCCC3)cs2)cc1. The molecule has 1 amide bonds. The predicted octanol–water partition coefficient (Wildman–Crippen LogP) is 3.57. The number of thiophene rings is 1. The van der Waals surface area contributed by atoms with Gasteiger partial charge in [0.15, 0.2) is 0 Å². The molecule has 2 heterocycles. The molecule has 140 valence electrons. The molecule has 0 bridgehead atoms. The van der Waals surface area contributed by atoms with Gasteiger partial charge in [0.25, 0.3) is 15.9 Å². The Kier molecular flexibility index (Phi) is 5.83. The summed E-state index contributed by atoms with van der Waals surface area (Å²) in [6.07, 6.45) is 4.28. The first-order valence-corrected chi connectivity index (χ1v) is 10.9. The van der Waals surface area contributed by atoms with E-state index in [0.29, 0.717) is 17.0 Å². The summed E-state index contributed by atoms with van der Waals surface area (Å²) >= 11 is 1.06. The molecule has 3 rings (SSSR count). The van der Waals surface area contributed by atoms with Gasteiger partial charge in [0.05, 0.1) is 12.7 Å². The molecule has 1 aliphatic rings. The molecule has 1 aliphatic heterocycles. The minimum atomic E-state index is -3.73. The van der Waals surface area contributed by atoms with Crippen LogP contribution in [0.4, 0.5) is 5.69 Å². The highest BCUT2D eigenvalue weighted by Gasteiger charge is 2.22. The number of carbonyl (C=O) groups is 1. The second-order valence-electron chi connectivity index (χ2n) is 6.19. The second kappa shape index (κ2) is 8.09. The van der Waals surface area contributed by atoms with E-state index in [1.54, 1.807) is 36.8 Å². The summed E-state index contributed by atoms with van der Waals surface area (Å²) in [5.74, 6) is 0.559. The van der Waals surface area contributed by atoms with E-state index in [0.717, 1.165) is 50.1 Å². The quantitative estimate of drug-likeness (QED) is 0.841. The summed E-state index contributed by atoms with van der Waals surface area (Å²) in [6.45, 7) is 1.47. The Labute approximate surface area is 157 Å². The van der Waals surface area contributed by atoms with Crippen LogP contribution in [0.2, 0.25) is 0 Å². The number of ether oxygens (including phenoxy) is 1. The van der Waals surface area contributed by atoms with Crippen LogP contribution in [0.1, 0.15) is 36.0 Å². The number of benzene rings is 1. The molecule has 1 fully saturated rings. The number of sulfonamides is 1. The zero-order valence-corrected chi connectivity index (χ0v) is 16.2. The zero-order chi connectivity index (χ0) is 18.6. The number of likely N-dealkylation sites (tertiary alicyclic amines) is 1. The molecule has 1 saturated heterocycles. The topological polar surface area (TPSA) is 75.7 Å². The van der Waals surface area contributed by atoms with Gasteiger partial charge < -0.3 is 9.64 Å². The zero-order valence-electron chi connectivity index (χ0n) is 14.6. The van der Waals surface area contributed by atoms with Crippen LogP contribution in [0.3, 0.4) is 0 Å². The lowest BCUT2D eigenvalue weighted by atomic mass is 10.2. The van der Waals surface area contributed by atoms with Crippen LogP contribution >= 0.6 is 11.3 Å². The highest BCUT2D eigenvalue weighted by atomic mass is 32.2. The van der Waals surface area contributed by atoms with Crippen molar-refractivity contribution in [3.05, 3.63) is 41.3 Å². The molecular formula is C18H22N2O4S2. The predicted molar refractivity (Wildman–Crippen MR) is 102 cm³/mol. The first kappa shape index (κ1) is 18.7. The number of hydrogen-bond donors (Lipinski definition) is 1. The number of methoxy groups -OCH3 is 1. The molecule has 6 nitrogen and oxygen atoms in total. The molecule has 0 aliphatic carbocycles. The van der Waals surface area contributed by atoms with Gasteiger partial charge in [0, 0.05) is 24.2 Å². The maximum absolute atomic E-state index is 12.6. The van der Waals surface area contributed by atoms with Crippen LogP contribution in [0.5, 0.6) is 5.75 Å². The molecule has 0 saturated carbocycles. The summed E-state index contributed by atoms with van der Waals surface area (Å²) in [7, 11) is -2.18. The van der Waals surface area contributed by atoms with E-state index in [1.165, 1.54) is 6.07 Å². The van der Waals surface area contributed by atoms with E-state index in [-0.39, 0.29) is 10.1 Å². The van der Waals surface area contributed by atoms with Crippen LogP contribution < -0.4 is 9.46 Å². The Bertz CT molecular complexity index is 852. The summed E-state index contributed by atoms with van der Waals surface area (Å²) in [5, 5.41) is 1.62. The van der Waals surface area contributed by atoms with Crippen molar-refractivity contribution in [3.8, 4) is 5.75 Å². The number of amides is 1. The van der Waals surface area contributed by atoms with Crippen LogP contribution in [0.15, 0.2) is 39.9 Å². The van der Waals surface area contributed by atoms with Crippen LogP contribution in [-0.4, -0.2) is 39.4 Å². The monoisotopic (exact) mass is 394 g/mol. The number of nitrogens with zero attached hydrogens (tertiary/aromatic N) is 1. The first-order chi connectivity index (χ1) is 12.5. The van der Waals surface area contributed by atoms with Crippen molar-refractivity contribution in [2.45, 2.75) is 29.9 Å². The van der Waals surface area contributed by atoms with Gasteiger partial charge in [0.1, 0.15) is 9.96 Å².